The maximum Gasteiger partial charge on any atom is 0.307 e. The quantitative estimate of drug-likeness (QED) is 0.797. The molecular weight excluding hydrogens is 180 g/mol. The topological polar surface area (TPSA) is 50.4 Å². The van der Waals surface area contributed by atoms with Crippen LogP contribution in [0.5, 0.6) is 0 Å². The van der Waals surface area contributed by atoms with Gasteiger partial charge in [-0.25, -0.2) is 0 Å². The number of hydrogen-bond acceptors (Lipinski definition) is 2. The van der Waals surface area contributed by atoms with E-state index < -0.39 is 5.97 Å². The highest BCUT2D eigenvalue weighted by atomic mass is 16.4. The van der Waals surface area contributed by atoms with E-state index in [1.165, 1.54) is 6.26 Å². The Balaban J connectivity index is 3.09. The first-order chi connectivity index (χ1) is 6.69. The standard InChI is InChI=1S/C11H12O3/c1-3-5-9-8(6-11(12)13)7-14-10(9)4-2/h3-5,7H,2,6H2,1H3,(H,12,13)/b5-3-. The second-order valence-electron chi connectivity index (χ2n) is 2.81. The molecule has 0 aliphatic heterocycles. The van der Waals surface area contributed by atoms with Gasteiger partial charge in [0.05, 0.1) is 12.7 Å². The molecule has 1 heterocycles. The molecule has 0 bridgehead atoms. The molecule has 1 aromatic heterocycles. The molecule has 0 aliphatic rings. The molecule has 0 spiro atoms. The van der Waals surface area contributed by atoms with Crippen molar-refractivity contribution >= 4 is 18.1 Å². The van der Waals surface area contributed by atoms with Crippen molar-refractivity contribution in [2.24, 2.45) is 0 Å². The zero-order valence-corrected chi connectivity index (χ0v) is 7.99. The minimum absolute atomic E-state index is 0.0307. The van der Waals surface area contributed by atoms with Crippen LogP contribution in [0.1, 0.15) is 23.8 Å². The fraction of sp³-hybridized carbons (Fsp3) is 0.182. The van der Waals surface area contributed by atoms with E-state index in [0.717, 1.165) is 5.56 Å². The van der Waals surface area contributed by atoms with Crippen LogP contribution < -0.4 is 0 Å². The summed E-state index contributed by atoms with van der Waals surface area (Å²) < 4.78 is 5.17. The molecule has 1 N–H and O–H groups in total. The Bertz CT molecular complexity index is 372. The summed E-state index contributed by atoms with van der Waals surface area (Å²) in [7, 11) is 0. The summed E-state index contributed by atoms with van der Waals surface area (Å²) in [6.07, 6.45) is 6.65. The number of carbonyl (C=O) groups is 1. The molecule has 3 heteroatoms. The SMILES string of the molecule is C=Cc1occ(CC(=O)O)c1/C=C\C. The predicted octanol–water partition coefficient (Wildman–Crippen LogP) is 2.58. The van der Waals surface area contributed by atoms with E-state index >= 15 is 0 Å². The molecular formula is C11H12O3. The summed E-state index contributed by atoms with van der Waals surface area (Å²) in [6.45, 7) is 5.46. The number of rotatable bonds is 4. The second kappa shape index (κ2) is 4.46. The fourth-order valence-electron chi connectivity index (χ4n) is 1.23. The van der Waals surface area contributed by atoms with Gasteiger partial charge in [-0.1, -0.05) is 18.7 Å². The van der Waals surface area contributed by atoms with E-state index in [-0.39, 0.29) is 6.42 Å². The van der Waals surface area contributed by atoms with Crippen LogP contribution >= 0.6 is 0 Å². The minimum atomic E-state index is -0.868. The summed E-state index contributed by atoms with van der Waals surface area (Å²) in [5.74, 6) is -0.258. The molecule has 0 aliphatic carbocycles. The summed E-state index contributed by atoms with van der Waals surface area (Å²) in [4.78, 5) is 10.5. The Hall–Kier alpha value is -1.77. The lowest BCUT2D eigenvalue weighted by Gasteiger charge is -1.94. The van der Waals surface area contributed by atoms with Crippen LogP contribution in [0.4, 0.5) is 0 Å². The number of allylic oxidation sites excluding steroid dienone is 1. The van der Waals surface area contributed by atoms with Crippen molar-refractivity contribution in [3.63, 3.8) is 0 Å². The molecule has 74 valence electrons. The largest absolute Gasteiger partial charge is 0.481 e. The van der Waals surface area contributed by atoms with E-state index in [4.69, 9.17) is 9.52 Å². The van der Waals surface area contributed by atoms with Gasteiger partial charge in [0.2, 0.25) is 0 Å². The molecule has 3 nitrogen and oxygen atoms in total. The molecule has 0 saturated heterocycles. The van der Waals surface area contributed by atoms with Gasteiger partial charge >= 0.3 is 5.97 Å². The predicted molar refractivity (Wildman–Crippen MR) is 54.8 cm³/mol. The normalized spacial score (nSPS) is 10.6. The summed E-state index contributed by atoms with van der Waals surface area (Å²) in [5.41, 5.74) is 1.47. The van der Waals surface area contributed by atoms with E-state index in [0.29, 0.717) is 11.3 Å². The number of aliphatic carboxylic acids is 1. The van der Waals surface area contributed by atoms with Gasteiger partial charge in [0.25, 0.3) is 0 Å². The fourth-order valence-corrected chi connectivity index (χ4v) is 1.23. The van der Waals surface area contributed by atoms with Gasteiger partial charge in [-0.3, -0.25) is 4.79 Å². The summed E-state index contributed by atoms with van der Waals surface area (Å²) in [6, 6.07) is 0. The third-order valence-corrected chi connectivity index (χ3v) is 1.80. The maximum absolute atomic E-state index is 10.5. The average Bonchev–Trinajstić information content (AvgIpc) is 2.48. The molecule has 0 aromatic carbocycles. The van der Waals surface area contributed by atoms with Crippen LogP contribution in [-0.2, 0) is 11.2 Å². The van der Waals surface area contributed by atoms with Gasteiger partial charge in [-0.15, -0.1) is 0 Å². The Labute approximate surface area is 82.4 Å². The van der Waals surface area contributed by atoms with Crippen molar-refractivity contribution in [1.82, 2.24) is 0 Å². The third kappa shape index (κ3) is 2.13. The Morgan fingerprint density at radius 3 is 2.93 bits per heavy atom. The first kappa shape index (κ1) is 10.3. The van der Waals surface area contributed by atoms with Gasteiger partial charge < -0.3 is 9.52 Å². The molecule has 14 heavy (non-hydrogen) atoms. The number of furan rings is 1. The van der Waals surface area contributed by atoms with Crippen molar-refractivity contribution < 1.29 is 14.3 Å². The Morgan fingerprint density at radius 2 is 2.43 bits per heavy atom. The van der Waals surface area contributed by atoms with Gasteiger partial charge in [-0.05, 0) is 13.0 Å². The van der Waals surface area contributed by atoms with E-state index in [1.54, 1.807) is 6.08 Å². The van der Waals surface area contributed by atoms with Crippen LogP contribution in [0.15, 0.2) is 23.3 Å². The molecule has 0 atom stereocenters. The molecule has 0 radical (unpaired) electrons. The first-order valence-corrected chi connectivity index (χ1v) is 4.26. The Kier molecular flexibility index (Phi) is 3.29. The third-order valence-electron chi connectivity index (χ3n) is 1.80. The molecule has 0 unspecified atom stereocenters. The van der Waals surface area contributed by atoms with Gasteiger partial charge in [0, 0.05) is 11.1 Å². The van der Waals surface area contributed by atoms with E-state index in [9.17, 15) is 4.79 Å². The lowest BCUT2D eigenvalue weighted by molar-refractivity contribution is -0.136. The second-order valence-corrected chi connectivity index (χ2v) is 2.81. The van der Waals surface area contributed by atoms with Crippen LogP contribution in [0.25, 0.3) is 12.2 Å². The highest BCUT2D eigenvalue weighted by Gasteiger charge is 2.11. The highest BCUT2D eigenvalue weighted by Crippen LogP contribution is 2.20. The highest BCUT2D eigenvalue weighted by molar-refractivity contribution is 5.74. The first-order valence-electron chi connectivity index (χ1n) is 4.26. The van der Waals surface area contributed by atoms with Crippen molar-refractivity contribution in [2.45, 2.75) is 13.3 Å². The maximum atomic E-state index is 10.5. The molecule has 0 amide bonds. The minimum Gasteiger partial charge on any atom is -0.481 e. The molecule has 0 saturated carbocycles. The van der Waals surface area contributed by atoms with E-state index in [2.05, 4.69) is 6.58 Å². The van der Waals surface area contributed by atoms with Crippen molar-refractivity contribution in [3.8, 4) is 0 Å². The number of hydrogen-bond donors (Lipinski definition) is 1. The van der Waals surface area contributed by atoms with Crippen LogP contribution in [-0.4, -0.2) is 11.1 Å². The smallest absolute Gasteiger partial charge is 0.307 e. The summed E-state index contributed by atoms with van der Waals surface area (Å²) >= 11 is 0. The van der Waals surface area contributed by atoms with Gasteiger partial charge in [0.1, 0.15) is 5.76 Å². The average molecular weight is 192 g/mol. The van der Waals surface area contributed by atoms with E-state index in [1.807, 2.05) is 19.1 Å². The van der Waals surface area contributed by atoms with Gasteiger partial charge in [0.15, 0.2) is 0 Å². The number of carboxylic acid groups (broad SMARTS) is 1. The molecule has 1 rings (SSSR count). The zero-order chi connectivity index (χ0) is 10.6. The van der Waals surface area contributed by atoms with Crippen molar-refractivity contribution in [2.75, 3.05) is 0 Å². The lowest BCUT2D eigenvalue weighted by atomic mass is 10.1. The van der Waals surface area contributed by atoms with Crippen molar-refractivity contribution in [1.29, 1.82) is 0 Å². The van der Waals surface area contributed by atoms with Crippen LogP contribution in [0.2, 0.25) is 0 Å². The molecule has 1 aromatic rings. The van der Waals surface area contributed by atoms with Crippen LogP contribution in [0.3, 0.4) is 0 Å². The van der Waals surface area contributed by atoms with Crippen molar-refractivity contribution in [3.05, 3.63) is 35.8 Å². The Morgan fingerprint density at radius 1 is 1.71 bits per heavy atom. The molecule has 0 fully saturated rings. The monoisotopic (exact) mass is 192 g/mol. The zero-order valence-electron chi connectivity index (χ0n) is 7.99. The summed E-state index contributed by atoms with van der Waals surface area (Å²) in [5, 5.41) is 8.65. The van der Waals surface area contributed by atoms with Gasteiger partial charge in [-0.2, -0.15) is 0 Å². The number of carboxylic acids is 1. The van der Waals surface area contributed by atoms with Crippen LogP contribution in [0, 0.1) is 0 Å². The lowest BCUT2D eigenvalue weighted by Crippen LogP contribution is -2.00.